The maximum atomic E-state index is 12.1. The number of hydrogen-bond acceptors (Lipinski definition) is 2. The maximum absolute atomic E-state index is 12.1. The van der Waals surface area contributed by atoms with Crippen LogP contribution < -0.4 is 5.56 Å². The monoisotopic (exact) mass is 223 g/mol. The second kappa shape index (κ2) is 3.75. The Morgan fingerprint density at radius 2 is 2.14 bits per heavy atom. The summed E-state index contributed by atoms with van der Waals surface area (Å²) in [5.74, 6) is -1.48. The van der Waals surface area contributed by atoms with Gasteiger partial charge >= 0.3 is 5.97 Å². The summed E-state index contributed by atoms with van der Waals surface area (Å²) in [6.07, 6.45) is -3.03. The fourth-order valence-corrected chi connectivity index (χ4v) is 1.06. The Balaban J connectivity index is 3.42. The molecule has 0 amide bonds. The van der Waals surface area contributed by atoms with Crippen LogP contribution in [0.4, 0.5) is 8.78 Å². The molecule has 0 radical (unpaired) electrons. The van der Waals surface area contributed by atoms with Gasteiger partial charge in [0.05, 0.1) is 11.1 Å². The predicted octanol–water partition coefficient (Wildman–Crippen LogP) is 1.66. The van der Waals surface area contributed by atoms with Crippen molar-refractivity contribution in [2.24, 2.45) is 0 Å². The lowest BCUT2D eigenvalue weighted by Crippen LogP contribution is -2.16. The van der Waals surface area contributed by atoms with E-state index in [9.17, 15) is 18.4 Å². The van der Waals surface area contributed by atoms with Gasteiger partial charge < -0.3 is 10.1 Å². The highest BCUT2D eigenvalue weighted by Crippen LogP contribution is 2.19. The van der Waals surface area contributed by atoms with Crippen LogP contribution in [-0.4, -0.2) is 16.1 Å². The van der Waals surface area contributed by atoms with Gasteiger partial charge in [0.25, 0.3) is 12.0 Å². The molecule has 2 N–H and O–H groups in total. The van der Waals surface area contributed by atoms with E-state index in [4.69, 9.17) is 16.7 Å². The molecule has 0 aromatic carbocycles. The molecule has 0 spiro atoms. The number of carboxylic acid groups (broad SMARTS) is 1. The minimum absolute atomic E-state index is 0.466. The molecule has 4 nitrogen and oxygen atoms in total. The van der Waals surface area contributed by atoms with Gasteiger partial charge in [-0.25, -0.2) is 13.6 Å². The van der Waals surface area contributed by atoms with Gasteiger partial charge in [-0.3, -0.25) is 4.79 Å². The molecule has 0 fully saturated rings. The van der Waals surface area contributed by atoms with Crippen molar-refractivity contribution >= 4 is 17.6 Å². The summed E-state index contributed by atoms with van der Waals surface area (Å²) in [6, 6.07) is 0.564. The van der Waals surface area contributed by atoms with Gasteiger partial charge in [-0.15, -0.1) is 0 Å². The van der Waals surface area contributed by atoms with E-state index in [0.29, 0.717) is 6.07 Å². The largest absolute Gasteiger partial charge is 0.478 e. The number of carbonyl (C=O) groups is 1. The van der Waals surface area contributed by atoms with Gasteiger partial charge in [-0.2, -0.15) is 0 Å². The second-order valence-electron chi connectivity index (χ2n) is 2.39. The molecule has 1 aromatic rings. The first-order valence-electron chi connectivity index (χ1n) is 3.37. The number of halogens is 3. The molecule has 0 bridgehead atoms. The van der Waals surface area contributed by atoms with Crippen LogP contribution in [0.3, 0.4) is 0 Å². The zero-order valence-corrected chi connectivity index (χ0v) is 7.31. The van der Waals surface area contributed by atoms with Crippen molar-refractivity contribution in [3.05, 3.63) is 32.7 Å². The number of H-pyrrole nitrogens is 1. The normalized spacial score (nSPS) is 10.6. The number of pyridine rings is 1. The summed E-state index contributed by atoms with van der Waals surface area (Å²) in [6.45, 7) is 0. The first kappa shape index (κ1) is 10.6. The summed E-state index contributed by atoms with van der Waals surface area (Å²) in [4.78, 5) is 23.1. The van der Waals surface area contributed by atoms with Gasteiger partial charge in [0.2, 0.25) is 0 Å². The summed E-state index contributed by atoms with van der Waals surface area (Å²) in [5, 5.41) is 8.05. The maximum Gasteiger partial charge on any atom is 0.338 e. The molecule has 0 saturated heterocycles. The minimum Gasteiger partial charge on any atom is -0.478 e. The lowest BCUT2D eigenvalue weighted by atomic mass is 10.2. The van der Waals surface area contributed by atoms with Crippen molar-refractivity contribution in [3.8, 4) is 0 Å². The number of aromatic amines is 1. The molecule has 14 heavy (non-hydrogen) atoms. The molecule has 1 heterocycles. The summed E-state index contributed by atoms with van der Waals surface area (Å²) in [7, 11) is 0. The highest BCUT2D eigenvalue weighted by molar-refractivity contribution is 6.32. The lowest BCUT2D eigenvalue weighted by molar-refractivity contribution is 0.0696. The highest BCUT2D eigenvalue weighted by Gasteiger charge is 2.18. The Kier molecular flexibility index (Phi) is 2.85. The topological polar surface area (TPSA) is 70.2 Å². The van der Waals surface area contributed by atoms with E-state index in [-0.39, 0.29) is 0 Å². The zero-order valence-electron chi connectivity index (χ0n) is 6.55. The van der Waals surface area contributed by atoms with Crippen LogP contribution in [0.2, 0.25) is 5.15 Å². The molecule has 0 aliphatic carbocycles. The molecule has 7 heteroatoms. The molecule has 0 unspecified atom stereocenters. The Morgan fingerprint density at radius 3 is 2.57 bits per heavy atom. The van der Waals surface area contributed by atoms with Crippen molar-refractivity contribution < 1.29 is 18.7 Å². The summed E-state index contributed by atoms with van der Waals surface area (Å²) in [5.41, 5.74) is -2.55. The number of carboxylic acids is 1. The van der Waals surface area contributed by atoms with Gasteiger partial charge in [0.1, 0.15) is 5.15 Å². The van der Waals surface area contributed by atoms with Crippen LogP contribution in [0.5, 0.6) is 0 Å². The van der Waals surface area contributed by atoms with Crippen LogP contribution in [0.15, 0.2) is 10.9 Å². The lowest BCUT2D eigenvalue weighted by Gasteiger charge is -2.02. The Morgan fingerprint density at radius 1 is 1.57 bits per heavy atom. The van der Waals surface area contributed by atoms with E-state index in [1.165, 1.54) is 0 Å². The van der Waals surface area contributed by atoms with Crippen LogP contribution in [0.1, 0.15) is 22.3 Å². The van der Waals surface area contributed by atoms with Gasteiger partial charge in [0, 0.05) is 0 Å². The van der Waals surface area contributed by atoms with Gasteiger partial charge in [-0.05, 0) is 6.07 Å². The molecule has 0 saturated carbocycles. The van der Waals surface area contributed by atoms with E-state index in [1.54, 1.807) is 0 Å². The van der Waals surface area contributed by atoms with E-state index < -0.39 is 34.2 Å². The van der Waals surface area contributed by atoms with Crippen LogP contribution in [0, 0.1) is 0 Å². The predicted molar refractivity (Wildman–Crippen MR) is 44.0 cm³/mol. The Labute approximate surface area is 81.1 Å². The molecule has 1 rings (SSSR count). The molecular weight excluding hydrogens is 220 g/mol. The Hall–Kier alpha value is -1.43. The van der Waals surface area contributed by atoms with Gasteiger partial charge in [-0.1, -0.05) is 11.6 Å². The average molecular weight is 224 g/mol. The third-order valence-corrected chi connectivity index (χ3v) is 1.79. The second-order valence-corrected chi connectivity index (χ2v) is 2.77. The van der Waals surface area contributed by atoms with Gasteiger partial charge in [0.15, 0.2) is 0 Å². The number of rotatable bonds is 2. The fourth-order valence-electron chi connectivity index (χ4n) is 0.841. The Bertz CT molecular complexity index is 429. The first-order chi connectivity index (χ1) is 6.43. The quantitative estimate of drug-likeness (QED) is 0.749. The third-order valence-electron chi connectivity index (χ3n) is 1.49. The SMILES string of the molecule is O=C(O)c1cc(C(F)F)c(=O)[nH]c1Cl. The van der Waals surface area contributed by atoms with Crippen molar-refractivity contribution in [1.82, 2.24) is 4.98 Å². The average Bonchev–Trinajstić information content (AvgIpc) is 2.02. The standard InChI is InChI=1S/C7H4ClF2NO3/c8-4-2(7(13)14)1-3(5(9)10)6(12)11-4/h1,5H,(H,11,12)(H,13,14). The number of alkyl halides is 2. The van der Waals surface area contributed by atoms with Crippen molar-refractivity contribution in [3.63, 3.8) is 0 Å². The van der Waals surface area contributed by atoms with Crippen molar-refractivity contribution in [2.75, 3.05) is 0 Å². The van der Waals surface area contributed by atoms with E-state index in [2.05, 4.69) is 0 Å². The number of hydrogen-bond donors (Lipinski definition) is 2. The van der Waals surface area contributed by atoms with E-state index in [0.717, 1.165) is 0 Å². The summed E-state index contributed by atoms with van der Waals surface area (Å²) < 4.78 is 24.3. The number of aromatic carboxylic acids is 1. The number of nitrogens with one attached hydrogen (secondary N) is 1. The third kappa shape index (κ3) is 1.90. The van der Waals surface area contributed by atoms with E-state index in [1.807, 2.05) is 4.98 Å². The van der Waals surface area contributed by atoms with Crippen LogP contribution in [0.25, 0.3) is 0 Å². The molecule has 1 aromatic heterocycles. The summed E-state index contributed by atoms with van der Waals surface area (Å²) >= 11 is 5.32. The van der Waals surface area contributed by atoms with Crippen LogP contribution >= 0.6 is 11.6 Å². The molecule has 0 aliphatic heterocycles. The molecule has 76 valence electrons. The smallest absolute Gasteiger partial charge is 0.338 e. The first-order valence-corrected chi connectivity index (χ1v) is 3.75. The minimum atomic E-state index is -3.03. The highest BCUT2D eigenvalue weighted by atomic mass is 35.5. The van der Waals surface area contributed by atoms with Crippen molar-refractivity contribution in [1.29, 1.82) is 0 Å². The fraction of sp³-hybridized carbons (Fsp3) is 0.143. The zero-order chi connectivity index (χ0) is 10.9. The molecule has 0 aliphatic rings. The van der Waals surface area contributed by atoms with Crippen molar-refractivity contribution in [2.45, 2.75) is 6.43 Å². The van der Waals surface area contributed by atoms with Crippen LogP contribution in [-0.2, 0) is 0 Å². The molecular formula is C7H4ClF2NO3. The van der Waals surface area contributed by atoms with E-state index >= 15 is 0 Å². The molecule has 0 atom stereocenters. The number of aromatic nitrogens is 1.